The summed E-state index contributed by atoms with van der Waals surface area (Å²) in [6.07, 6.45) is 2.58. The van der Waals surface area contributed by atoms with Crippen LogP contribution in [0, 0.1) is 5.92 Å². The zero-order valence-corrected chi connectivity index (χ0v) is 13.3. The van der Waals surface area contributed by atoms with Crippen molar-refractivity contribution in [2.75, 3.05) is 13.4 Å². The predicted molar refractivity (Wildman–Crippen MR) is 82.2 cm³/mol. The van der Waals surface area contributed by atoms with E-state index in [0.717, 1.165) is 24.6 Å². The van der Waals surface area contributed by atoms with Gasteiger partial charge in [-0.1, -0.05) is 17.7 Å². The Hall–Kier alpha value is -0.770. The van der Waals surface area contributed by atoms with Gasteiger partial charge in [-0.3, -0.25) is 0 Å². The molecular formula is C16H24ClNO2. The third-order valence-corrected chi connectivity index (χ3v) is 3.46. The Kier molecular flexibility index (Phi) is 5.30. The van der Waals surface area contributed by atoms with Crippen LogP contribution in [-0.4, -0.2) is 18.9 Å². The van der Waals surface area contributed by atoms with E-state index in [4.69, 9.17) is 21.1 Å². The van der Waals surface area contributed by atoms with Crippen molar-refractivity contribution in [3.05, 3.63) is 28.8 Å². The lowest BCUT2D eigenvalue weighted by Crippen LogP contribution is -2.35. The summed E-state index contributed by atoms with van der Waals surface area (Å²) in [5.74, 6) is 1.43. The molecule has 0 spiro atoms. The maximum atomic E-state index is 6.22. The van der Waals surface area contributed by atoms with Crippen molar-refractivity contribution in [1.29, 1.82) is 0 Å². The summed E-state index contributed by atoms with van der Waals surface area (Å²) in [6.45, 7) is 8.29. The molecule has 0 bridgehead atoms. The molecule has 0 aliphatic heterocycles. The van der Waals surface area contributed by atoms with Crippen molar-refractivity contribution in [2.24, 2.45) is 5.92 Å². The number of hydrogen-bond acceptors (Lipinski definition) is 3. The quantitative estimate of drug-likeness (QED) is 0.610. The van der Waals surface area contributed by atoms with Gasteiger partial charge in [0.1, 0.15) is 5.75 Å². The molecule has 1 aromatic carbocycles. The van der Waals surface area contributed by atoms with Gasteiger partial charge in [0.15, 0.2) is 6.79 Å². The van der Waals surface area contributed by atoms with Crippen molar-refractivity contribution >= 4 is 11.6 Å². The monoisotopic (exact) mass is 297 g/mol. The van der Waals surface area contributed by atoms with Gasteiger partial charge in [-0.2, -0.15) is 0 Å². The van der Waals surface area contributed by atoms with Crippen LogP contribution >= 0.6 is 11.6 Å². The molecule has 0 radical (unpaired) electrons. The summed E-state index contributed by atoms with van der Waals surface area (Å²) in [7, 11) is 0. The number of nitrogens with one attached hydrogen (secondary N) is 1. The average molecular weight is 298 g/mol. The first-order chi connectivity index (χ1) is 9.44. The number of rotatable bonds is 7. The van der Waals surface area contributed by atoms with Gasteiger partial charge >= 0.3 is 0 Å². The van der Waals surface area contributed by atoms with Crippen LogP contribution in [0.25, 0.3) is 0 Å². The lowest BCUT2D eigenvalue weighted by Gasteiger charge is -2.20. The normalized spacial score (nSPS) is 15.4. The molecule has 1 aliphatic carbocycles. The largest absolute Gasteiger partial charge is 0.466 e. The summed E-state index contributed by atoms with van der Waals surface area (Å²) in [5.41, 5.74) is 1.24. The molecule has 2 rings (SSSR count). The Morgan fingerprint density at radius 3 is 2.65 bits per heavy atom. The molecule has 0 atom stereocenters. The van der Waals surface area contributed by atoms with Gasteiger partial charge < -0.3 is 14.8 Å². The van der Waals surface area contributed by atoms with Crippen LogP contribution in [0.5, 0.6) is 5.75 Å². The van der Waals surface area contributed by atoms with Crippen LogP contribution < -0.4 is 10.1 Å². The summed E-state index contributed by atoms with van der Waals surface area (Å²) in [6, 6.07) is 5.87. The Balaban J connectivity index is 1.78. The molecular weight excluding hydrogens is 274 g/mol. The van der Waals surface area contributed by atoms with Gasteiger partial charge in [0.25, 0.3) is 0 Å². The molecule has 112 valence electrons. The van der Waals surface area contributed by atoms with Gasteiger partial charge in [-0.05, 0) is 57.2 Å². The minimum Gasteiger partial charge on any atom is -0.466 e. The molecule has 3 nitrogen and oxygen atoms in total. The molecule has 1 aromatic rings. The van der Waals surface area contributed by atoms with Crippen molar-refractivity contribution in [3.63, 3.8) is 0 Å². The van der Waals surface area contributed by atoms with E-state index in [1.165, 1.54) is 12.8 Å². The van der Waals surface area contributed by atoms with E-state index in [1.807, 2.05) is 18.2 Å². The maximum Gasteiger partial charge on any atom is 0.189 e. The Labute approximate surface area is 126 Å². The second-order valence-electron chi connectivity index (χ2n) is 6.44. The van der Waals surface area contributed by atoms with Crippen LogP contribution in [0.3, 0.4) is 0 Å². The molecule has 0 aromatic heterocycles. The van der Waals surface area contributed by atoms with Gasteiger partial charge in [0, 0.05) is 12.1 Å². The second-order valence-corrected chi connectivity index (χ2v) is 6.85. The minimum atomic E-state index is 0.0955. The first kappa shape index (κ1) is 15.6. The van der Waals surface area contributed by atoms with Crippen LogP contribution in [0.1, 0.15) is 39.2 Å². The molecule has 4 heteroatoms. The van der Waals surface area contributed by atoms with E-state index in [1.54, 1.807) is 0 Å². The van der Waals surface area contributed by atoms with Crippen LogP contribution in [-0.2, 0) is 11.3 Å². The number of hydrogen-bond donors (Lipinski definition) is 1. The average Bonchev–Trinajstić information content (AvgIpc) is 3.17. The molecule has 0 amide bonds. The zero-order chi connectivity index (χ0) is 14.6. The first-order valence-corrected chi connectivity index (χ1v) is 7.56. The lowest BCUT2D eigenvalue weighted by atomic mass is 10.1. The van der Waals surface area contributed by atoms with E-state index >= 15 is 0 Å². The highest BCUT2D eigenvalue weighted by molar-refractivity contribution is 6.32. The Morgan fingerprint density at radius 1 is 1.30 bits per heavy atom. The van der Waals surface area contributed by atoms with E-state index in [0.29, 0.717) is 10.8 Å². The maximum absolute atomic E-state index is 6.22. The van der Waals surface area contributed by atoms with Crippen LogP contribution in [0.2, 0.25) is 5.02 Å². The third kappa shape index (κ3) is 5.70. The minimum absolute atomic E-state index is 0.0955. The van der Waals surface area contributed by atoms with Crippen LogP contribution in [0.4, 0.5) is 0 Å². The first-order valence-electron chi connectivity index (χ1n) is 7.18. The third-order valence-electron chi connectivity index (χ3n) is 3.17. The van der Waals surface area contributed by atoms with Gasteiger partial charge in [0.05, 0.1) is 11.6 Å². The lowest BCUT2D eigenvalue weighted by molar-refractivity contribution is 0.0100. The Morgan fingerprint density at radius 2 is 2.05 bits per heavy atom. The van der Waals surface area contributed by atoms with Gasteiger partial charge in [-0.15, -0.1) is 0 Å². The fourth-order valence-electron chi connectivity index (χ4n) is 1.74. The molecule has 1 fully saturated rings. The van der Waals surface area contributed by atoms with E-state index in [2.05, 4.69) is 26.1 Å². The molecule has 1 N–H and O–H groups in total. The molecule has 1 aliphatic rings. The summed E-state index contributed by atoms with van der Waals surface area (Å²) >= 11 is 6.22. The Bertz CT molecular complexity index is 439. The van der Waals surface area contributed by atoms with Gasteiger partial charge in [0.2, 0.25) is 0 Å². The van der Waals surface area contributed by atoms with Crippen molar-refractivity contribution in [3.8, 4) is 5.75 Å². The number of ether oxygens (including phenoxy) is 2. The number of halogens is 1. The summed E-state index contributed by atoms with van der Waals surface area (Å²) < 4.78 is 11.0. The topological polar surface area (TPSA) is 30.5 Å². The van der Waals surface area contributed by atoms with Crippen molar-refractivity contribution in [1.82, 2.24) is 5.32 Å². The smallest absolute Gasteiger partial charge is 0.189 e. The molecule has 0 heterocycles. The van der Waals surface area contributed by atoms with E-state index in [9.17, 15) is 0 Å². The van der Waals surface area contributed by atoms with Crippen LogP contribution in [0.15, 0.2) is 18.2 Å². The zero-order valence-electron chi connectivity index (χ0n) is 12.5. The van der Waals surface area contributed by atoms with Gasteiger partial charge in [-0.25, -0.2) is 0 Å². The SMILES string of the molecule is CC(C)(C)NCc1ccc(OCOCC2CC2)c(Cl)c1. The van der Waals surface area contributed by atoms with E-state index < -0.39 is 0 Å². The second kappa shape index (κ2) is 6.79. The van der Waals surface area contributed by atoms with Crippen molar-refractivity contribution in [2.45, 2.75) is 45.7 Å². The summed E-state index contributed by atoms with van der Waals surface area (Å²) in [4.78, 5) is 0. The highest BCUT2D eigenvalue weighted by Crippen LogP contribution is 2.29. The summed E-state index contributed by atoms with van der Waals surface area (Å²) in [5, 5.41) is 4.07. The molecule has 0 unspecified atom stereocenters. The molecule has 1 saturated carbocycles. The standard InChI is InChI=1S/C16H24ClNO2/c1-16(2,3)18-9-13-6-7-15(14(17)8-13)20-11-19-10-12-4-5-12/h6-8,12,18H,4-5,9-11H2,1-3H3. The highest BCUT2D eigenvalue weighted by atomic mass is 35.5. The number of benzene rings is 1. The molecule has 20 heavy (non-hydrogen) atoms. The van der Waals surface area contributed by atoms with Crippen molar-refractivity contribution < 1.29 is 9.47 Å². The van der Waals surface area contributed by atoms with E-state index in [-0.39, 0.29) is 12.3 Å². The fourth-order valence-corrected chi connectivity index (χ4v) is 2.00. The predicted octanol–water partition coefficient (Wildman–Crippen LogP) is 3.99. The fraction of sp³-hybridized carbons (Fsp3) is 0.625. The highest BCUT2D eigenvalue weighted by Gasteiger charge is 2.21. The molecule has 0 saturated heterocycles.